The van der Waals surface area contributed by atoms with Gasteiger partial charge in [0.15, 0.2) is 5.82 Å². The molecule has 0 bridgehead atoms. The molecule has 0 saturated heterocycles. The van der Waals surface area contributed by atoms with Gasteiger partial charge in [-0.25, -0.2) is 0 Å². The minimum absolute atomic E-state index is 0.153. The van der Waals surface area contributed by atoms with E-state index in [0.717, 1.165) is 25.1 Å². The van der Waals surface area contributed by atoms with Gasteiger partial charge in [-0.1, -0.05) is 49.3 Å². The van der Waals surface area contributed by atoms with E-state index in [0.29, 0.717) is 29.4 Å². The van der Waals surface area contributed by atoms with E-state index in [2.05, 4.69) is 39.0 Å². The van der Waals surface area contributed by atoms with E-state index in [-0.39, 0.29) is 11.8 Å². The van der Waals surface area contributed by atoms with Crippen molar-refractivity contribution >= 4 is 5.91 Å². The maximum Gasteiger partial charge on any atom is 0.258 e. The van der Waals surface area contributed by atoms with Crippen LogP contribution in [0.25, 0.3) is 11.5 Å². The Balaban J connectivity index is 1.51. The molecule has 28 heavy (non-hydrogen) atoms. The van der Waals surface area contributed by atoms with Crippen LogP contribution in [0.15, 0.2) is 47.0 Å². The molecule has 3 aromatic rings. The van der Waals surface area contributed by atoms with Crippen LogP contribution >= 0.6 is 0 Å². The summed E-state index contributed by atoms with van der Waals surface area (Å²) >= 11 is 0. The number of nitrogens with zero attached hydrogens (tertiary/aromatic N) is 2. The van der Waals surface area contributed by atoms with Crippen molar-refractivity contribution in [3.63, 3.8) is 0 Å². The van der Waals surface area contributed by atoms with E-state index in [9.17, 15) is 4.79 Å². The van der Waals surface area contributed by atoms with Crippen molar-refractivity contribution in [1.82, 2.24) is 20.8 Å². The minimum Gasteiger partial charge on any atom is -0.348 e. The van der Waals surface area contributed by atoms with E-state index in [1.807, 2.05) is 32.0 Å². The predicted molar refractivity (Wildman–Crippen MR) is 107 cm³/mol. The molecule has 0 radical (unpaired) electrons. The van der Waals surface area contributed by atoms with Crippen LogP contribution in [0.4, 0.5) is 0 Å². The van der Waals surface area contributed by atoms with Crippen molar-refractivity contribution in [1.29, 1.82) is 0 Å². The van der Waals surface area contributed by atoms with Gasteiger partial charge in [-0.05, 0) is 41.8 Å². The van der Waals surface area contributed by atoms with Gasteiger partial charge < -0.3 is 15.2 Å². The van der Waals surface area contributed by atoms with Crippen LogP contribution in [0.2, 0.25) is 0 Å². The van der Waals surface area contributed by atoms with Crippen molar-refractivity contribution < 1.29 is 9.32 Å². The normalized spacial score (nSPS) is 13.4. The van der Waals surface area contributed by atoms with Crippen LogP contribution in [0.3, 0.4) is 0 Å². The molecule has 0 unspecified atom stereocenters. The SMILES string of the molecule is CC(C)c1noc(-c2ccccc2C(=O)NCc2ccc3c(c2)CCNC3)n1. The van der Waals surface area contributed by atoms with E-state index in [1.165, 1.54) is 11.1 Å². The monoisotopic (exact) mass is 376 g/mol. The summed E-state index contributed by atoms with van der Waals surface area (Å²) in [6.07, 6.45) is 1.02. The van der Waals surface area contributed by atoms with Crippen LogP contribution in [0.1, 0.15) is 52.6 Å². The molecule has 2 heterocycles. The fraction of sp³-hybridized carbons (Fsp3) is 0.318. The first kappa shape index (κ1) is 18.4. The molecule has 144 valence electrons. The second-order valence-electron chi connectivity index (χ2n) is 7.37. The van der Waals surface area contributed by atoms with Gasteiger partial charge in [0.05, 0.1) is 11.1 Å². The van der Waals surface area contributed by atoms with Crippen molar-refractivity contribution in [2.75, 3.05) is 6.54 Å². The van der Waals surface area contributed by atoms with Gasteiger partial charge in [0.25, 0.3) is 11.8 Å². The van der Waals surface area contributed by atoms with Gasteiger partial charge in [0.1, 0.15) is 0 Å². The molecule has 6 heteroatoms. The predicted octanol–water partition coefficient (Wildman–Crippen LogP) is 3.44. The van der Waals surface area contributed by atoms with Gasteiger partial charge in [-0.15, -0.1) is 0 Å². The Morgan fingerprint density at radius 2 is 2.07 bits per heavy atom. The van der Waals surface area contributed by atoms with Crippen molar-refractivity contribution in [2.45, 2.75) is 39.3 Å². The Labute approximate surface area is 164 Å². The topological polar surface area (TPSA) is 80.0 Å². The van der Waals surface area contributed by atoms with Gasteiger partial charge in [0, 0.05) is 19.0 Å². The molecule has 4 rings (SSSR count). The Morgan fingerprint density at radius 1 is 1.21 bits per heavy atom. The summed E-state index contributed by atoms with van der Waals surface area (Å²) in [5.41, 5.74) is 4.98. The van der Waals surface area contributed by atoms with Gasteiger partial charge in [-0.3, -0.25) is 4.79 Å². The number of hydrogen-bond donors (Lipinski definition) is 2. The summed E-state index contributed by atoms with van der Waals surface area (Å²) < 4.78 is 5.38. The molecule has 1 aromatic heterocycles. The fourth-order valence-electron chi connectivity index (χ4n) is 3.36. The highest BCUT2D eigenvalue weighted by Crippen LogP contribution is 2.24. The van der Waals surface area contributed by atoms with Crippen LogP contribution in [-0.4, -0.2) is 22.6 Å². The third-order valence-electron chi connectivity index (χ3n) is 4.97. The number of fused-ring (bicyclic) bond motifs is 1. The molecule has 1 aliphatic rings. The van der Waals surface area contributed by atoms with Crippen LogP contribution < -0.4 is 10.6 Å². The zero-order valence-corrected chi connectivity index (χ0v) is 16.2. The van der Waals surface area contributed by atoms with E-state index in [4.69, 9.17) is 4.52 Å². The summed E-state index contributed by atoms with van der Waals surface area (Å²) in [6.45, 7) is 6.40. The van der Waals surface area contributed by atoms with E-state index >= 15 is 0 Å². The number of benzene rings is 2. The summed E-state index contributed by atoms with van der Waals surface area (Å²) in [4.78, 5) is 17.3. The number of aromatic nitrogens is 2. The summed E-state index contributed by atoms with van der Waals surface area (Å²) in [6, 6.07) is 13.7. The van der Waals surface area contributed by atoms with E-state index in [1.54, 1.807) is 6.07 Å². The van der Waals surface area contributed by atoms with Crippen LogP contribution in [0, 0.1) is 0 Å². The van der Waals surface area contributed by atoms with Gasteiger partial charge in [-0.2, -0.15) is 4.98 Å². The number of carbonyl (C=O) groups excluding carboxylic acids is 1. The summed E-state index contributed by atoms with van der Waals surface area (Å²) in [5, 5.41) is 10.4. The lowest BCUT2D eigenvalue weighted by Crippen LogP contribution is -2.25. The zero-order chi connectivity index (χ0) is 19.5. The largest absolute Gasteiger partial charge is 0.348 e. The third kappa shape index (κ3) is 3.82. The van der Waals surface area contributed by atoms with Crippen LogP contribution in [0.5, 0.6) is 0 Å². The molecule has 1 amide bonds. The maximum absolute atomic E-state index is 12.8. The van der Waals surface area contributed by atoms with Crippen molar-refractivity contribution in [3.05, 3.63) is 70.5 Å². The summed E-state index contributed by atoms with van der Waals surface area (Å²) in [5.74, 6) is 1.02. The Kier molecular flexibility index (Phi) is 5.21. The molecule has 0 fully saturated rings. The molecular weight excluding hydrogens is 352 g/mol. The number of nitrogens with one attached hydrogen (secondary N) is 2. The first-order valence-corrected chi connectivity index (χ1v) is 9.64. The number of amides is 1. The Morgan fingerprint density at radius 3 is 2.89 bits per heavy atom. The third-order valence-corrected chi connectivity index (χ3v) is 4.97. The molecule has 2 aromatic carbocycles. The molecule has 6 nitrogen and oxygen atoms in total. The van der Waals surface area contributed by atoms with E-state index < -0.39 is 0 Å². The second-order valence-corrected chi connectivity index (χ2v) is 7.37. The molecule has 0 atom stereocenters. The Bertz CT molecular complexity index is 994. The standard InChI is InChI=1S/C22H24N4O2/c1-14(2)20-25-22(28-26-20)19-6-4-3-5-18(19)21(27)24-12-15-7-8-17-13-23-10-9-16(17)11-15/h3-8,11,14,23H,9-10,12-13H2,1-2H3,(H,24,27). The Hall–Kier alpha value is -2.99. The number of rotatable bonds is 5. The van der Waals surface area contributed by atoms with Gasteiger partial charge in [0.2, 0.25) is 0 Å². The summed E-state index contributed by atoms with van der Waals surface area (Å²) in [7, 11) is 0. The lowest BCUT2D eigenvalue weighted by molar-refractivity contribution is 0.0951. The smallest absolute Gasteiger partial charge is 0.258 e. The highest BCUT2D eigenvalue weighted by atomic mass is 16.5. The molecule has 0 saturated carbocycles. The fourth-order valence-corrected chi connectivity index (χ4v) is 3.36. The first-order valence-electron chi connectivity index (χ1n) is 9.64. The highest BCUT2D eigenvalue weighted by molar-refractivity contribution is 5.99. The average Bonchev–Trinajstić information content (AvgIpc) is 3.22. The van der Waals surface area contributed by atoms with Gasteiger partial charge >= 0.3 is 0 Å². The average molecular weight is 376 g/mol. The lowest BCUT2D eigenvalue weighted by Gasteiger charge is -2.18. The van der Waals surface area contributed by atoms with Crippen molar-refractivity contribution in [2.24, 2.45) is 0 Å². The molecule has 2 N–H and O–H groups in total. The molecule has 0 aliphatic carbocycles. The highest BCUT2D eigenvalue weighted by Gasteiger charge is 2.18. The molecular formula is C22H24N4O2. The van der Waals surface area contributed by atoms with Crippen LogP contribution in [-0.2, 0) is 19.5 Å². The number of hydrogen-bond acceptors (Lipinski definition) is 5. The second kappa shape index (κ2) is 7.94. The first-order chi connectivity index (χ1) is 13.6. The minimum atomic E-state index is -0.153. The quantitative estimate of drug-likeness (QED) is 0.713. The zero-order valence-electron chi connectivity index (χ0n) is 16.2. The maximum atomic E-state index is 12.8. The number of carbonyl (C=O) groups is 1. The molecule has 1 aliphatic heterocycles. The molecule has 0 spiro atoms. The lowest BCUT2D eigenvalue weighted by atomic mass is 9.98. The van der Waals surface area contributed by atoms with Crippen molar-refractivity contribution in [3.8, 4) is 11.5 Å².